The average molecular weight is 443 g/mol. The molecule has 0 unspecified atom stereocenters. The van der Waals surface area contributed by atoms with Crippen LogP contribution in [0.15, 0.2) is 79.1 Å². The Bertz CT molecular complexity index is 1150. The molecule has 2 aromatic carbocycles. The van der Waals surface area contributed by atoms with E-state index in [0.717, 1.165) is 52.2 Å². The Morgan fingerprint density at radius 2 is 1.53 bits per heavy atom. The first-order valence-corrected chi connectivity index (χ1v) is 14.6. The van der Waals surface area contributed by atoms with Gasteiger partial charge in [-0.2, -0.15) is 0 Å². The predicted octanol–water partition coefficient (Wildman–Crippen LogP) is 6.17. The number of nitrogen functional groups attached to an aromatic ring is 1. The van der Waals surface area contributed by atoms with Crippen molar-refractivity contribution < 1.29 is 4.74 Å². The van der Waals surface area contributed by atoms with Gasteiger partial charge in [0.05, 0.1) is 11.4 Å². The Kier molecular flexibility index (Phi) is 6.53. The molecule has 0 saturated heterocycles. The van der Waals surface area contributed by atoms with E-state index in [1.54, 1.807) is 12.4 Å². The zero-order chi connectivity index (χ0) is 22.6. The van der Waals surface area contributed by atoms with E-state index >= 15 is 0 Å². The maximum Gasteiger partial charge on any atom is 0.143 e. The molecule has 0 radical (unpaired) electrons. The SMILES string of the molecule is C[Si](C)(C)CCOCn1c(-c2ccccc2)nc(-c2ccncc2)c1-c1ccc(N)cc1. The van der Waals surface area contributed by atoms with Gasteiger partial charge in [0.2, 0.25) is 0 Å². The third-order valence-corrected chi connectivity index (χ3v) is 7.06. The highest BCUT2D eigenvalue weighted by Gasteiger charge is 2.21. The number of imidazole rings is 1. The van der Waals surface area contributed by atoms with Crippen molar-refractivity contribution in [1.82, 2.24) is 14.5 Å². The quantitative estimate of drug-likeness (QED) is 0.201. The lowest BCUT2D eigenvalue weighted by Crippen LogP contribution is -2.22. The minimum Gasteiger partial charge on any atom is -0.399 e. The predicted molar refractivity (Wildman–Crippen MR) is 135 cm³/mol. The highest BCUT2D eigenvalue weighted by molar-refractivity contribution is 6.76. The number of anilines is 1. The molecule has 5 nitrogen and oxygen atoms in total. The summed E-state index contributed by atoms with van der Waals surface area (Å²) in [4.78, 5) is 9.29. The smallest absolute Gasteiger partial charge is 0.143 e. The van der Waals surface area contributed by atoms with Gasteiger partial charge in [-0.25, -0.2) is 4.98 Å². The number of nitrogens with two attached hydrogens (primary N) is 1. The van der Waals surface area contributed by atoms with E-state index in [1.807, 2.05) is 54.6 Å². The molecular weight excluding hydrogens is 412 g/mol. The highest BCUT2D eigenvalue weighted by atomic mass is 28.3. The second-order valence-corrected chi connectivity index (χ2v) is 14.8. The first-order chi connectivity index (χ1) is 15.4. The summed E-state index contributed by atoms with van der Waals surface area (Å²) in [7, 11) is -1.17. The fraction of sp³-hybridized carbons (Fsp3) is 0.231. The van der Waals surface area contributed by atoms with Gasteiger partial charge in [-0.1, -0.05) is 62.1 Å². The fourth-order valence-electron chi connectivity index (χ4n) is 3.57. The van der Waals surface area contributed by atoms with E-state index in [1.165, 1.54) is 0 Å². The van der Waals surface area contributed by atoms with Gasteiger partial charge in [0.25, 0.3) is 0 Å². The van der Waals surface area contributed by atoms with Crippen LogP contribution in [-0.4, -0.2) is 29.2 Å². The Morgan fingerprint density at radius 3 is 2.19 bits per heavy atom. The first-order valence-electron chi connectivity index (χ1n) is 10.9. The van der Waals surface area contributed by atoms with Crippen LogP contribution in [0.2, 0.25) is 25.7 Å². The van der Waals surface area contributed by atoms with Crippen LogP contribution in [0.5, 0.6) is 0 Å². The number of hydrogen-bond donors (Lipinski definition) is 1. The summed E-state index contributed by atoms with van der Waals surface area (Å²) in [6.07, 6.45) is 3.60. The summed E-state index contributed by atoms with van der Waals surface area (Å²) in [6.45, 7) is 8.28. The molecule has 0 aliphatic carbocycles. The van der Waals surface area contributed by atoms with Crippen LogP contribution >= 0.6 is 0 Å². The fourth-order valence-corrected chi connectivity index (χ4v) is 4.32. The van der Waals surface area contributed by atoms with Crippen LogP contribution in [0, 0.1) is 0 Å². The summed E-state index contributed by atoms with van der Waals surface area (Å²) < 4.78 is 8.40. The van der Waals surface area contributed by atoms with Crippen molar-refractivity contribution in [3.05, 3.63) is 79.1 Å². The molecule has 0 spiro atoms. The van der Waals surface area contributed by atoms with E-state index in [-0.39, 0.29) is 0 Å². The van der Waals surface area contributed by atoms with Crippen LogP contribution in [0.3, 0.4) is 0 Å². The molecule has 6 heteroatoms. The zero-order valence-corrected chi connectivity index (χ0v) is 20.0. The number of aromatic nitrogens is 3. The second-order valence-electron chi connectivity index (χ2n) is 9.13. The topological polar surface area (TPSA) is 66.0 Å². The summed E-state index contributed by atoms with van der Waals surface area (Å²) in [5.74, 6) is 0.886. The molecule has 32 heavy (non-hydrogen) atoms. The summed E-state index contributed by atoms with van der Waals surface area (Å²) in [5.41, 5.74) is 11.8. The lowest BCUT2D eigenvalue weighted by atomic mass is 10.1. The van der Waals surface area contributed by atoms with Crippen LogP contribution in [0.1, 0.15) is 0 Å². The van der Waals surface area contributed by atoms with Gasteiger partial charge >= 0.3 is 0 Å². The van der Waals surface area contributed by atoms with Crippen molar-refractivity contribution in [1.29, 1.82) is 0 Å². The van der Waals surface area contributed by atoms with Gasteiger partial charge in [-0.05, 0) is 30.3 Å². The van der Waals surface area contributed by atoms with Crippen LogP contribution in [-0.2, 0) is 11.5 Å². The van der Waals surface area contributed by atoms with Crippen molar-refractivity contribution in [3.63, 3.8) is 0 Å². The molecule has 2 N–H and O–H groups in total. The van der Waals surface area contributed by atoms with E-state index in [4.69, 9.17) is 15.5 Å². The van der Waals surface area contributed by atoms with E-state index < -0.39 is 8.07 Å². The highest BCUT2D eigenvalue weighted by Crippen LogP contribution is 2.36. The Labute approximate surface area is 190 Å². The summed E-state index contributed by atoms with van der Waals surface area (Å²) >= 11 is 0. The molecule has 0 aliphatic rings. The molecule has 0 aliphatic heterocycles. The molecular formula is C26H30N4OSi. The summed E-state index contributed by atoms with van der Waals surface area (Å²) in [5, 5.41) is 0. The maximum atomic E-state index is 6.21. The van der Waals surface area contributed by atoms with Gasteiger partial charge < -0.3 is 10.5 Å². The molecule has 0 atom stereocenters. The number of pyridine rings is 1. The zero-order valence-electron chi connectivity index (χ0n) is 19.0. The first kappa shape index (κ1) is 22.0. The third kappa shape index (κ3) is 5.15. The van der Waals surface area contributed by atoms with Crippen LogP contribution in [0.4, 0.5) is 5.69 Å². The molecule has 4 aromatic rings. The van der Waals surface area contributed by atoms with E-state index in [9.17, 15) is 0 Å². The normalized spacial score (nSPS) is 11.6. The van der Waals surface area contributed by atoms with Crippen molar-refractivity contribution in [2.75, 3.05) is 12.3 Å². The van der Waals surface area contributed by atoms with Gasteiger partial charge in [-0.3, -0.25) is 9.55 Å². The van der Waals surface area contributed by atoms with Gasteiger partial charge in [0.15, 0.2) is 0 Å². The van der Waals surface area contributed by atoms with Crippen molar-refractivity contribution >= 4 is 13.8 Å². The van der Waals surface area contributed by atoms with Gasteiger partial charge in [-0.15, -0.1) is 0 Å². The minimum atomic E-state index is -1.17. The number of hydrogen-bond acceptors (Lipinski definition) is 4. The molecule has 2 aromatic heterocycles. The molecule has 0 saturated carbocycles. The lowest BCUT2D eigenvalue weighted by molar-refractivity contribution is 0.0893. The molecule has 164 valence electrons. The Hall–Kier alpha value is -3.22. The molecule has 0 bridgehead atoms. The average Bonchev–Trinajstić information content (AvgIpc) is 3.17. The van der Waals surface area contributed by atoms with Crippen LogP contribution in [0.25, 0.3) is 33.9 Å². The van der Waals surface area contributed by atoms with Crippen molar-refractivity contribution in [3.8, 4) is 33.9 Å². The molecule has 0 amide bonds. The second kappa shape index (κ2) is 9.50. The monoisotopic (exact) mass is 442 g/mol. The number of nitrogens with zero attached hydrogens (tertiary/aromatic N) is 3. The standard InChI is InChI=1S/C26H30N4OSi/c1-32(2,3)18-17-31-19-30-25(21-9-11-23(27)12-10-21)24(20-13-15-28-16-14-20)29-26(30)22-7-5-4-6-8-22/h4-16H,17-19,27H2,1-3H3. The molecule has 0 fully saturated rings. The van der Waals surface area contributed by atoms with E-state index in [2.05, 4.69) is 41.3 Å². The molecule has 4 rings (SSSR count). The van der Waals surface area contributed by atoms with Crippen molar-refractivity contribution in [2.24, 2.45) is 0 Å². The number of benzene rings is 2. The minimum absolute atomic E-state index is 0.437. The molecule has 2 heterocycles. The Morgan fingerprint density at radius 1 is 0.844 bits per heavy atom. The summed E-state index contributed by atoms with van der Waals surface area (Å²) in [6, 6.07) is 23.3. The van der Waals surface area contributed by atoms with Crippen molar-refractivity contribution in [2.45, 2.75) is 32.4 Å². The van der Waals surface area contributed by atoms with E-state index in [0.29, 0.717) is 6.73 Å². The largest absolute Gasteiger partial charge is 0.399 e. The maximum absolute atomic E-state index is 6.21. The van der Waals surface area contributed by atoms with Crippen LogP contribution < -0.4 is 5.73 Å². The van der Waals surface area contributed by atoms with Gasteiger partial charge in [0, 0.05) is 49.5 Å². The third-order valence-electron chi connectivity index (χ3n) is 5.35. The Balaban J connectivity index is 1.85. The van der Waals surface area contributed by atoms with Gasteiger partial charge in [0.1, 0.15) is 12.6 Å². The number of rotatable bonds is 8. The lowest BCUT2D eigenvalue weighted by Gasteiger charge is -2.17. The number of ether oxygens (including phenoxy) is 1.